The lowest BCUT2D eigenvalue weighted by atomic mass is 9.69. The van der Waals surface area contributed by atoms with E-state index in [0.29, 0.717) is 23.0 Å². The summed E-state index contributed by atoms with van der Waals surface area (Å²) < 4.78 is 0. The first-order chi connectivity index (χ1) is 16.5. The molecule has 0 spiro atoms. The van der Waals surface area contributed by atoms with Crippen molar-refractivity contribution in [2.24, 2.45) is 35.5 Å². The molecule has 1 aromatic heterocycles. The van der Waals surface area contributed by atoms with E-state index >= 15 is 0 Å². The van der Waals surface area contributed by atoms with Crippen LogP contribution in [0.1, 0.15) is 36.2 Å². The normalized spacial score (nSPS) is 32.1. The first kappa shape index (κ1) is 21.5. The number of anilines is 2. The number of fused-ring (bicyclic) bond motifs is 2. The first-order valence-corrected chi connectivity index (χ1v) is 12.8. The van der Waals surface area contributed by atoms with E-state index in [1.165, 1.54) is 6.42 Å². The van der Waals surface area contributed by atoms with Crippen molar-refractivity contribution in [3.8, 4) is 6.07 Å². The number of amides is 1. The topological polar surface area (TPSA) is 63.5 Å². The monoisotopic (exact) mass is 455 g/mol. The number of rotatable bonds is 3. The predicted octanol–water partition coefficient (Wildman–Crippen LogP) is 3.89. The molecule has 0 N–H and O–H groups in total. The molecule has 6 atom stereocenters. The Labute approximate surface area is 202 Å². The Kier molecular flexibility index (Phi) is 5.24. The molecule has 2 aliphatic heterocycles. The number of carbonyl (C=O) groups is 1. The van der Waals surface area contributed by atoms with Gasteiger partial charge < -0.3 is 14.7 Å². The number of nitrogens with zero attached hydrogens (tertiary/aromatic N) is 5. The van der Waals surface area contributed by atoms with Crippen LogP contribution in [-0.2, 0) is 0 Å². The van der Waals surface area contributed by atoms with Crippen molar-refractivity contribution < 1.29 is 4.79 Å². The molecule has 0 bridgehead atoms. The van der Waals surface area contributed by atoms with E-state index in [0.717, 1.165) is 74.4 Å². The average Bonchev–Trinajstić information content (AvgIpc) is 3.58. The fourth-order valence-corrected chi connectivity index (χ4v) is 7.04. The minimum atomic E-state index is 0.146. The van der Waals surface area contributed by atoms with Crippen LogP contribution < -0.4 is 9.80 Å². The zero-order valence-electron chi connectivity index (χ0n) is 20.1. The minimum Gasteiger partial charge on any atom is -0.368 e. The second kappa shape index (κ2) is 8.30. The van der Waals surface area contributed by atoms with Crippen molar-refractivity contribution in [3.05, 3.63) is 53.7 Å². The molecule has 6 rings (SSSR count). The lowest BCUT2D eigenvalue weighted by molar-refractivity contribution is 0.0780. The molecule has 0 radical (unpaired) electrons. The molecule has 2 saturated carbocycles. The van der Waals surface area contributed by atoms with Crippen LogP contribution in [0.5, 0.6) is 0 Å². The maximum absolute atomic E-state index is 13.3. The van der Waals surface area contributed by atoms with Crippen LogP contribution in [0.4, 0.5) is 11.5 Å². The predicted molar refractivity (Wildman–Crippen MR) is 133 cm³/mol. The summed E-state index contributed by atoms with van der Waals surface area (Å²) in [4.78, 5) is 24.7. The Morgan fingerprint density at radius 2 is 1.50 bits per heavy atom. The Bertz CT molecular complexity index is 1080. The standard InChI is InChI=1S/C28H33N5O/c1-18-23-13-24(23)19(2)26-17-33(16-25(18)26)28(34)21-5-8-27(30-15-21)32-11-9-31(10-12-32)22-6-3-20(14-29)4-7-22/h3-8,15,18-19,23-26H,9-13,16-17H2,1-2H3. The molecule has 6 heteroatoms. The van der Waals surface area contributed by atoms with Gasteiger partial charge in [-0.05, 0) is 78.3 Å². The lowest BCUT2D eigenvalue weighted by Gasteiger charge is -2.36. The van der Waals surface area contributed by atoms with E-state index in [4.69, 9.17) is 5.26 Å². The SMILES string of the molecule is CC1C2CC2C(C)C2CN(C(=O)c3ccc(N4CCN(c5ccc(C#N)cc5)CC4)nc3)CC12. The Morgan fingerprint density at radius 3 is 2.06 bits per heavy atom. The van der Waals surface area contributed by atoms with Gasteiger partial charge in [0.2, 0.25) is 0 Å². The summed E-state index contributed by atoms with van der Waals surface area (Å²) in [6, 6.07) is 13.9. The summed E-state index contributed by atoms with van der Waals surface area (Å²) in [6.07, 6.45) is 3.19. The number of hydrogen-bond acceptors (Lipinski definition) is 5. The molecule has 3 heterocycles. The molecule has 1 aromatic carbocycles. The Hall–Kier alpha value is -3.07. The number of hydrogen-bond donors (Lipinski definition) is 0. The van der Waals surface area contributed by atoms with Gasteiger partial charge in [-0.3, -0.25) is 4.79 Å². The zero-order chi connectivity index (χ0) is 23.4. The summed E-state index contributed by atoms with van der Waals surface area (Å²) in [5.41, 5.74) is 2.55. The van der Waals surface area contributed by atoms with Crippen molar-refractivity contribution in [1.82, 2.24) is 9.88 Å². The number of benzene rings is 1. The molecule has 6 nitrogen and oxygen atoms in total. The molecule has 34 heavy (non-hydrogen) atoms. The summed E-state index contributed by atoms with van der Waals surface area (Å²) in [7, 11) is 0. The molecule has 2 aromatic rings. The zero-order valence-corrected chi connectivity index (χ0v) is 20.1. The second-order valence-corrected chi connectivity index (χ2v) is 10.9. The second-order valence-electron chi connectivity index (χ2n) is 10.9. The highest BCUT2D eigenvalue weighted by Gasteiger charge is 2.57. The number of piperazine rings is 1. The van der Waals surface area contributed by atoms with Gasteiger partial charge in [-0.1, -0.05) is 13.8 Å². The Balaban J connectivity index is 1.07. The van der Waals surface area contributed by atoms with E-state index < -0.39 is 0 Å². The van der Waals surface area contributed by atoms with Crippen LogP contribution in [0.25, 0.3) is 0 Å². The fraction of sp³-hybridized carbons (Fsp3) is 0.536. The Morgan fingerprint density at radius 1 is 0.882 bits per heavy atom. The number of nitriles is 1. The minimum absolute atomic E-state index is 0.146. The van der Waals surface area contributed by atoms with Crippen LogP contribution in [0.2, 0.25) is 0 Å². The summed E-state index contributed by atoms with van der Waals surface area (Å²) in [5, 5.41) is 8.99. The van der Waals surface area contributed by atoms with E-state index in [1.807, 2.05) is 36.4 Å². The smallest absolute Gasteiger partial charge is 0.255 e. The third kappa shape index (κ3) is 3.62. The molecular formula is C28H33N5O. The van der Waals surface area contributed by atoms with Crippen molar-refractivity contribution in [1.29, 1.82) is 5.26 Å². The van der Waals surface area contributed by atoms with E-state index in [1.54, 1.807) is 6.20 Å². The van der Waals surface area contributed by atoms with E-state index in [2.05, 4.69) is 39.6 Å². The molecule has 4 aliphatic rings. The highest BCUT2D eigenvalue weighted by Crippen LogP contribution is 2.61. The molecule has 1 amide bonds. The third-order valence-corrected chi connectivity index (χ3v) is 9.25. The maximum Gasteiger partial charge on any atom is 0.255 e. The number of pyridine rings is 1. The number of aromatic nitrogens is 1. The van der Waals surface area contributed by atoms with Gasteiger partial charge in [0.1, 0.15) is 5.82 Å². The van der Waals surface area contributed by atoms with Crippen LogP contribution >= 0.6 is 0 Å². The van der Waals surface area contributed by atoms with Gasteiger partial charge in [0.05, 0.1) is 17.2 Å². The lowest BCUT2D eigenvalue weighted by Crippen LogP contribution is -2.46. The molecule has 6 unspecified atom stereocenters. The van der Waals surface area contributed by atoms with Crippen molar-refractivity contribution in [2.75, 3.05) is 49.1 Å². The van der Waals surface area contributed by atoms with Crippen molar-refractivity contribution in [3.63, 3.8) is 0 Å². The first-order valence-electron chi connectivity index (χ1n) is 12.8. The summed E-state index contributed by atoms with van der Waals surface area (Å²) >= 11 is 0. The van der Waals surface area contributed by atoms with Gasteiger partial charge in [-0.25, -0.2) is 4.98 Å². The average molecular weight is 456 g/mol. The molecule has 2 aliphatic carbocycles. The summed E-state index contributed by atoms with van der Waals surface area (Å²) in [6.45, 7) is 10.2. The van der Waals surface area contributed by atoms with Crippen LogP contribution in [0.15, 0.2) is 42.6 Å². The molecule has 2 saturated heterocycles. The number of likely N-dealkylation sites (tertiary alicyclic amines) is 1. The highest BCUT2D eigenvalue weighted by molar-refractivity contribution is 5.94. The van der Waals surface area contributed by atoms with Crippen LogP contribution in [0, 0.1) is 46.8 Å². The van der Waals surface area contributed by atoms with Crippen molar-refractivity contribution in [2.45, 2.75) is 20.3 Å². The van der Waals surface area contributed by atoms with Crippen LogP contribution in [-0.4, -0.2) is 55.1 Å². The molecular weight excluding hydrogens is 422 g/mol. The largest absolute Gasteiger partial charge is 0.368 e. The van der Waals surface area contributed by atoms with Gasteiger partial charge in [0.15, 0.2) is 0 Å². The quantitative estimate of drug-likeness (QED) is 0.703. The van der Waals surface area contributed by atoms with Gasteiger partial charge >= 0.3 is 0 Å². The molecule has 176 valence electrons. The third-order valence-electron chi connectivity index (χ3n) is 9.25. The molecule has 4 fully saturated rings. The fourth-order valence-electron chi connectivity index (χ4n) is 7.04. The summed E-state index contributed by atoms with van der Waals surface area (Å²) in [5.74, 6) is 5.75. The van der Waals surface area contributed by atoms with Gasteiger partial charge in [-0.15, -0.1) is 0 Å². The van der Waals surface area contributed by atoms with Crippen LogP contribution in [0.3, 0.4) is 0 Å². The maximum atomic E-state index is 13.3. The van der Waals surface area contributed by atoms with Gasteiger partial charge in [-0.2, -0.15) is 5.26 Å². The van der Waals surface area contributed by atoms with Crippen molar-refractivity contribution >= 4 is 17.4 Å². The van der Waals surface area contributed by atoms with E-state index in [-0.39, 0.29) is 5.91 Å². The van der Waals surface area contributed by atoms with E-state index in [9.17, 15) is 4.79 Å². The van der Waals surface area contributed by atoms with Gasteiger partial charge in [0, 0.05) is 51.2 Å². The highest BCUT2D eigenvalue weighted by atomic mass is 16.2. The number of carbonyl (C=O) groups excluding carboxylic acids is 1. The van der Waals surface area contributed by atoms with Gasteiger partial charge in [0.25, 0.3) is 5.91 Å².